The molecule has 20 heavy (non-hydrogen) atoms. The van der Waals surface area contributed by atoms with Crippen LogP contribution in [0.5, 0.6) is 11.5 Å². The van der Waals surface area contributed by atoms with E-state index in [0.29, 0.717) is 29.9 Å². The van der Waals surface area contributed by atoms with Gasteiger partial charge in [0.25, 0.3) is 0 Å². The molecule has 1 saturated heterocycles. The van der Waals surface area contributed by atoms with Crippen LogP contribution < -0.4 is 9.47 Å². The highest BCUT2D eigenvalue weighted by Crippen LogP contribution is 2.45. The standard InChI is InChI=1S/C15H18Cl2O3/c1-2-12-9(3-4-18-12)15(17)10-7-13-14(8-11(10)16)20-6-5-19-13/h7-9,12,15H,2-6H2,1H3. The lowest BCUT2D eigenvalue weighted by Gasteiger charge is -2.25. The van der Waals surface area contributed by atoms with Crippen molar-refractivity contribution in [3.63, 3.8) is 0 Å². The van der Waals surface area contributed by atoms with E-state index in [1.54, 1.807) is 6.07 Å². The Labute approximate surface area is 129 Å². The zero-order valence-electron chi connectivity index (χ0n) is 11.4. The molecule has 1 aromatic rings. The minimum atomic E-state index is -0.161. The van der Waals surface area contributed by atoms with Crippen LogP contribution in [0.15, 0.2) is 12.1 Å². The maximum atomic E-state index is 6.67. The van der Waals surface area contributed by atoms with Crippen molar-refractivity contribution in [3.05, 3.63) is 22.7 Å². The van der Waals surface area contributed by atoms with Gasteiger partial charge >= 0.3 is 0 Å². The summed E-state index contributed by atoms with van der Waals surface area (Å²) in [6, 6.07) is 3.72. The van der Waals surface area contributed by atoms with Crippen LogP contribution in [-0.2, 0) is 4.74 Å². The number of hydrogen-bond acceptors (Lipinski definition) is 3. The molecule has 0 spiro atoms. The zero-order chi connectivity index (χ0) is 14.1. The molecule has 0 saturated carbocycles. The van der Waals surface area contributed by atoms with Crippen molar-refractivity contribution in [2.45, 2.75) is 31.2 Å². The van der Waals surface area contributed by atoms with Gasteiger partial charge in [0.15, 0.2) is 11.5 Å². The summed E-state index contributed by atoms with van der Waals surface area (Å²) >= 11 is 13.0. The average Bonchev–Trinajstić information content (AvgIpc) is 2.94. The summed E-state index contributed by atoms with van der Waals surface area (Å²) in [7, 11) is 0. The normalized spacial score (nSPS) is 26.6. The Morgan fingerprint density at radius 3 is 2.60 bits per heavy atom. The number of ether oxygens (including phenoxy) is 3. The van der Waals surface area contributed by atoms with Crippen molar-refractivity contribution < 1.29 is 14.2 Å². The molecular formula is C15H18Cl2O3. The van der Waals surface area contributed by atoms with Crippen molar-refractivity contribution >= 4 is 23.2 Å². The Balaban J connectivity index is 1.89. The molecule has 0 aromatic heterocycles. The number of rotatable bonds is 3. The Bertz CT molecular complexity index is 492. The fourth-order valence-electron chi connectivity index (χ4n) is 2.94. The highest BCUT2D eigenvalue weighted by molar-refractivity contribution is 6.33. The molecule has 0 radical (unpaired) electrons. The van der Waals surface area contributed by atoms with Crippen molar-refractivity contribution in [3.8, 4) is 11.5 Å². The summed E-state index contributed by atoms with van der Waals surface area (Å²) in [5.74, 6) is 1.72. The summed E-state index contributed by atoms with van der Waals surface area (Å²) in [5.41, 5.74) is 0.909. The number of alkyl halides is 1. The summed E-state index contributed by atoms with van der Waals surface area (Å²) in [4.78, 5) is 0. The lowest BCUT2D eigenvalue weighted by atomic mass is 9.91. The largest absolute Gasteiger partial charge is 0.486 e. The van der Waals surface area contributed by atoms with E-state index in [1.165, 1.54) is 0 Å². The summed E-state index contributed by atoms with van der Waals surface area (Å²) in [6.45, 7) is 4.01. The van der Waals surface area contributed by atoms with Crippen LogP contribution in [0.4, 0.5) is 0 Å². The molecule has 3 atom stereocenters. The van der Waals surface area contributed by atoms with Gasteiger partial charge in [-0.25, -0.2) is 0 Å². The van der Waals surface area contributed by atoms with Crippen LogP contribution in [0.25, 0.3) is 0 Å². The molecule has 0 aliphatic carbocycles. The van der Waals surface area contributed by atoms with Gasteiger partial charge in [-0.1, -0.05) is 18.5 Å². The molecule has 0 N–H and O–H groups in total. The van der Waals surface area contributed by atoms with Crippen molar-refractivity contribution in [2.75, 3.05) is 19.8 Å². The SMILES string of the molecule is CCC1OCCC1C(Cl)c1cc2c(cc1Cl)OCCO2. The van der Waals surface area contributed by atoms with Gasteiger partial charge in [0.2, 0.25) is 0 Å². The Hall–Kier alpha value is -0.640. The van der Waals surface area contributed by atoms with Gasteiger partial charge in [0, 0.05) is 23.6 Å². The lowest BCUT2D eigenvalue weighted by molar-refractivity contribution is 0.0864. The van der Waals surface area contributed by atoms with Gasteiger partial charge in [0.05, 0.1) is 11.5 Å². The van der Waals surface area contributed by atoms with Crippen molar-refractivity contribution in [1.29, 1.82) is 0 Å². The fraction of sp³-hybridized carbons (Fsp3) is 0.600. The maximum Gasteiger partial charge on any atom is 0.162 e. The van der Waals surface area contributed by atoms with E-state index in [0.717, 1.165) is 30.8 Å². The predicted molar refractivity (Wildman–Crippen MR) is 79.2 cm³/mol. The van der Waals surface area contributed by atoms with Crippen LogP contribution in [0.2, 0.25) is 5.02 Å². The third-order valence-electron chi connectivity index (χ3n) is 4.00. The molecule has 0 bridgehead atoms. The lowest BCUT2D eigenvalue weighted by Crippen LogP contribution is -2.20. The molecule has 5 heteroatoms. The second kappa shape index (κ2) is 6.00. The van der Waals surface area contributed by atoms with Crippen LogP contribution in [-0.4, -0.2) is 25.9 Å². The third kappa shape index (κ3) is 2.59. The van der Waals surface area contributed by atoms with E-state index in [-0.39, 0.29) is 11.5 Å². The number of hydrogen-bond donors (Lipinski definition) is 0. The van der Waals surface area contributed by atoms with Crippen LogP contribution >= 0.6 is 23.2 Å². The minimum absolute atomic E-state index is 0.161. The minimum Gasteiger partial charge on any atom is -0.486 e. The van der Waals surface area contributed by atoms with E-state index >= 15 is 0 Å². The van der Waals surface area contributed by atoms with E-state index in [1.807, 2.05) is 6.07 Å². The summed E-state index contributed by atoms with van der Waals surface area (Å²) < 4.78 is 16.9. The van der Waals surface area contributed by atoms with E-state index < -0.39 is 0 Å². The Morgan fingerprint density at radius 2 is 1.90 bits per heavy atom. The van der Waals surface area contributed by atoms with Crippen LogP contribution in [0.1, 0.15) is 30.7 Å². The monoisotopic (exact) mass is 316 g/mol. The second-order valence-corrected chi connectivity index (χ2v) is 6.07. The van der Waals surface area contributed by atoms with Crippen LogP contribution in [0.3, 0.4) is 0 Å². The summed E-state index contributed by atoms with van der Waals surface area (Å²) in [6.07, 6.45) is 2.15. The molecule has 2 aliphatic heterocycles. The van der Waals surface area contributed by atoms with Crippen molar-refractivity contribution in [1.82, 2.24) is 0 Å². The molecule has 3 nitrogen and oxygen atoms in total. The first-order valence-corrected chi connectivity index (χ1v) is 7.87. The smallest absolute Gasteiger partial charge is 0.162 e. The molecule has 3 unspecified atom stereocenters. The van der Waals surface area contributed by atoms with Crippen LogP contribution in [0, 0.1) is 5.92 Å². The quantitative estimate of drug-likeness (QED) is 0.782. The van der Waals surface area contributed by atoms with Crippen molar-refractivity contribution in [2.24, 2.45) is 5.92 Å². The van der Waals surface area contributed by atoms with Gasteiger partial charge in [-0.05, 0) is 24.5 Å². The average molecular weight is 317 g/mol. The molecule has 1 fully saturated rings. The van der Waals surface area contributed by atoms with Gasteiger partial charge in [0.1, 0.15) is 13.2 Å². The highest BCUT2D eigenvalue weighted by Gasteiger charge is 2.35. The van der Waals surface area contributed by atoms with Gasteiger partial charge in [-0.3, -0.25) is 0 Å². The zero-order valence-corrected chi connectivity index (χ0v) is 12.9. The van der Waals surface area contributed by atoms with E-state index in [9.17, 15) is 0 Å². The Kier molecular flexibility index (Phi) is 4.29. The first-order valence-electron chi connectivity index (χ1n) is 7.05. The van der Waals surface area contributed by atoms with Gasteiger partial charge in [-0.2, -0.15) is 0 Å². The third-order valence-corrected chi connectivity index (χ3v) is 4.88. The number of fused-ring (bicyclic) bond motifs is 1. The number of halogens is 2. The predicted octanol–water partition coefficient (Wildman–Crippen LogP) is 4.21. The summed E-state index contributed by atoms with van der Waals surface area (Å²) in [5, 5.41) is 0.474. The van der Waals surface area contributed by atoms with E-state index in [2.05, 4.69) is 6.92 Å². The molecule has 1 aromatic carbocycles. The molecule has 2 aliphatic rings. The second-order valence-electron chi connectivity index (χ2n) is 5.19. The van der Waals surface area contributed by atoms with Gasteiger partial charge in [-0.15, -0.1) is 11.6 Å². The molecule has 2 heterocycles. The maximum absolute atomic E-state index is 6.67. The first-order chi connectivity index (χ1) is 9.70. The highest BCUT2D eigenvalue weighted by atomic mass is 35.5. The molecule has 110 valence electrons. The fourth-order valence-corrected chi connectivity index (χ4v) is 3.74. The molecule has 0 amide bonds. The van der Waals surface area contributed by atoms with E-state index in [4.69, 9.17) is 37.4 Å². The molecule has 3 rings (SSSR count). The molecular weight excluding hydrogens is 299 g/mol. The first kappa shape index (κ1) is 14.3. The topological polar surface area (TPSA) is 27.7 Å². The Morgan fingerprint density at radius 1 is 1.20 bits per heavy atom. The number of benzene rings is 1. The van der Waals surface area contributed by atoms with Gasteiger partial charge < -0.3 is 14.2 Å².